The van der Waals surface area contributed by atoms with Gasteiger partial charge in [0.1, 0.15) is 5.75 Å². The number of hydrogen-bond donors (Lipinski definition) is 3. The number of carbonyl (C=O) groups is 2. The molecule has 3 N–H and O–H groups in total. The van der Waals surface area contributed by atoms with Crippen molar-refractivity contribution in [2.45, 2.75) is 39.2 Å². The molecule has 1 heterocycles. The average molecular weight is 524 g/mol. The number of nitrogens with zero attached hydrogens (tertiary/aromatic N) is 1. The maximum absolute atomic E-state index is 12.9. The minimum atomic E-state index is -0.883. The van der Waals surface area contributed by atoms with E-state index in [0.29, 0.717) is 29.9 Å². The number of rotatable bonds is 8. The third-order valence-corrected chi connectivity index (χ3v) is 8.07. The summed E-state index contributed by atoms with van der Waals surface area (Å²) in [6, 6.07) is 14.6. The molecule has 0 bridgehead atoms. The van der Waals surface area contributed by atoms with Crippen molar-refractivity contribution in [2.75, 3.05) is 13.7 Å². The molecule has 2 amide bonds. The minimum Gasteiger partial charge on any atom is -0.508 e. The van der Waals surface area contributed by atoms with Gasteiger partial charge in [-0.1, -0.05) is 61.4 Å². The van der Waals surface area contributed by atoms with E-state index in [9.17, 15) is 24.9 Å². The second-order valence-corrected chi connectivity index (χ2v) is 10.7. The predicted octanol–water partition coefficient (Wildman–Crippen LogP) is 4.92. The highest BCUT2D eigenvalue weighted by atomic mass is 35.5. The Balaban J connectivity index is 1.67. The molecule has 0 unspecified atom stereocenters. The lowest BCUT2D eigenvalue weighted by Gasteiger charge is -2.38. The van der Waals surface area contributed by atoms with Gasteiger partial charge in [-0.05, 0) is 71.7 Å². The second kappa shape index (κ2) is 11.2. The first-order chi connectivity index (χ1) is 17.6. The fraction of sp³-hybridized carbons (Fsp3) is 0.400. The molecule has 1 saturated heterocycles. The predicted molar refractivity (Wildman–Crippen MR) is 144 cm³/mol. The van der Waals surface area contributed by atoms with Crippen molar-refractivity contribution in [1.29, 1.82) is 0 Å². The second-order valence-electron chi connectivity index (χ2n) is 10.3. The molecule has 37 heavy (non-hydrogen) atoms. The highest BCUT2D eigenvalue weighted by molar-refractivity contribution is 6.32. The average Bonchev–Trinajstić information content (AvgIpc) is 3.10. The van der Waals surface area contributed by atoms with Crippen molar-refractivity contribution in [2.24, 2.45) is 23.7 Å². The van der Waals surface area contributed by atoms with Gasteiger partial charge in [0.2, 0.25) is 11.8 Å². The van der Waals surface area contributed by atoms with Gasteiger partial charge in [0, 0.05) is 13.0 Å². The standard InChI is InChI=1S/C30H34ClNO5/c1-17(2)22-15-23-28(30(37)32(3)29(23)36)24(16-33)27(22)26(35)12-10-19(18-7-5-4-6-8-18)13-20-9-11-21(34)14-25(20)31/h4-9,11,13-14,17,23-24,26,28,33-35H,10,12,15-16H2,1-3H3/b19-13-/t23-,24+,26-,28-/m1/s1. The van der Waals surface area contributed by atoms with Crippen molar-refractivity contribution in [1.82, 2.24) is 4.90 Å². The van der Waals surface area contributed by atoms with Crippen LogP contribution in [0, 0.1) is 23.7 Å². The Labute approximate surface area is 222 Å². The quantitative estimate of drug-likeness (QED) is 0.259. The van der Waals surface area contributed by atoms with Crippen LogP contribution in [0.25, 0.3) is 11.6 Å². The van der Waals surface area contributed by atoms with Crippen molar-refractivity contribution in [3.63, 3.8) is 0 Å². The van der Waals surface area contributed by atoms with Crippen LogP contribution in [0.4, 0.5) is 0 Å². The van der Waals surface area contributed by atoms with E-state index in [4.69, 9.17) is 11.6 Å². The first kappa shape index (κ1) is 27.1. The highest BCUT2D eigenvalue weighted by Gasteiger charge is 2.53. The normalized spacial score (nSPS) is 23.2. The number of phenols is 1. The molecule has 1 fully saturated rings. The summed E-state index contributed by atoms with van der Waals surface area (Å²) in [5.41, 5.74) is 4.35. The highest BCUT2D eigenvalue weighted by Crippen LogP contribution is 2.47. The molecule has 6 nitrogen and oxygen atoms in total. The number of aliphatic hydroxyl groups is 2. The molecule has 7 heteroatoms. The van der Waals surface area contributed by atoms with Gasteiger partial charge in [0.15, 0.2) is 0 Å². The molecule has 1 aliphatic heterocycles. The third-order valence-electron chi connectivity index (χ3n) is 7.74. The Bertz CT molecular complexity index is 1240. The number of benzene rings is 2. The molecule has 1 aliphatic carbocycles. The van der Waals surface area contributed by atoms with Gasteiger partial charge in [0.05, 0.1) is 29.6 Å². The number of halogens is 1. The van der Waals surface area contributed by atoms with Crippen LogP contribution >= 0.6 is 11.6 Å². The lowest BCUT2D eigenvalue weighted by atomic mass is 9.66. The Hall–Kier alpha value is -2.93. The van der Waals surface area contributed by atoms with Crippen molar-refractivity contribution in [3.05, 3.63) is 75.8 Å². The zero-order valence-corrected chi connectivity index (χ0v) is 22.2. The largest absolute Gasteiger partial charge is 0.508 e. The topological polar surface area (TPSA) is 98.1 Å². The van der Waals surface area contributed by atoms with E-state index in [-0.39, 0.29) is 30.1 Å². The van der Waals surface area contributed by atoms with Crippen molar-refractivity contribution in [3.8, 4) is 5.75 Å². The van der Waals surface area contributed by atoms with Gasteiger partial charge in [-0.25, -0.2) is 0 Å². The number of aliphatic hydroxyl groups excluding tert-OH is 2. The number of amides is 2. The summed E-state index contributed by atoms with van der Waals surface area (Å²) in [6.45, 7) is 3.73. The van der Waals surface area contributed by atoms with E-state index in [0.717, 1.165) is 22.3 Å². The van der Waals surface area contributed by atoms with Crippen LogP contribution in [0.3, 0.4) is 0 Å². The van der Waals surface area contributed by atoms with Crippen molar-refractivity contribution >= 4 is 35.1 Å². The van der Waals surface area contributed by atoms with Gasteiger partial charge in [-0.3, -0.25) is 14.5 Å². The van der Waals surface area contributed by atoms with Crippen LogP contribution in [-0.4, -0.2) is 51.8 Å². The van der Waals surface area contributed by atoms with E-state index in [2.05, 4.69) is 0 Å². The number of imide groups is 1. The first-order valence-electron chi connectivity index (χ1n) is 12.7. The molecule has 0 saturated carbocycles. The molecular weight excluding hydrogens is 490 g/mol. The summed E-state index contributed by atoms with van der Waals surface area (Å²) in [5, 5.41) is 32.1. The minimum absolute atomic E-state index is 0.0633. The number of phenolic OH excluding ortho intramolecular Hbond substituents is 1. The molecule has 0 spiro atoms. The molecule has 2 aromatic carbocycles. The number of likely N-dealkylation sites (tertiary alicyclic amines) is 1. The van der Waals surface area contributed by atoms with E-state index >= 15 is 0 Å². The fourth-order valence-corrected chi connectivity index (χ4v) is 6.05. The van der Waals surface area contributed by atoms with Crippen molar-refractivity contribution < 1.29 is 24.9 Å². The first-order valence-corrected chi connectivity index (χ1v) is 13.1. The zero-order valence-electron chi connectivity index (χ0n) is 21.4. The van der Waals surface area contributed by atoms with Gasteiger partial charge < -0.3 is 15.3 Å². The molecular formula is C30H34ClNO5. The number of aromatic hydroxyl groups is 1. The lowest BCUT2D eigenvalue weighted by molar-refractivity contribution is -0.138. The van der Waals surface area contributed by atoms with E-state index in [1.807, 2.05) is 50.3 Å². The Morgan fingerprint density at radius 3 is 2.46 bits per heavy atom. The van der Waals surface area contributed by atoms with Gasteiger partial charge in [-0.2, -0.15) is 0 Å². The van der Waals surface area contributed by atoms with Crippen LogP contribution in [0.1, 0.15) is 44.2 Å². The number of allylic oxidation sites excluding steroid dienone is 2. The summed E-state index contributed by atoms with van der Waals surface area (Å²) >= 11 is 6.37. The zero-order chi connectivity index (χ0) is 26.9. The summed E-state index contributed by atoms with van der Waals surface area (Å²) in [5.74, 6) is -2.07. The fourth-order valence-electron chi connectivity index (χ4n) is 5.82. The van der Waals surface area contributed by atoms with Gasteiger partial charge in [-0.15, -0.1) is 0 Å². The van der Waals surface area contributed by atoms with Crippen LogP contribution in [-0.2, 0) is 9.59 Å². The molecule has 4 atom stereocenters. The van der Waals surface area contributed by atoms with E-state index < -0.39 is 23.9 Å². The number of carbonyl (C=O) groups excluding carboxylic acids is 2. The molecule has 0 aromatic heterocycles. The van der Waals surface area contributed by atoms with Gasteiger partial charge >= 0.3 is 0 Å². The molecule has 4 rings (SSSR count). The Kier molecular flexibility index (Phi) is 8.22. The summed E-state index contributed by atoms with van der Waals surface area (Å²) in [6.07, 6.45) is 2.37. The molecule has 0 radical (unpaired) electrons. The lowest BCUT2D eigenvalue weighted by Crippen LogP contribution is -2.39. The molecule has 196 valence electrons. The van der Waals surface area contributed by atoms with Gasteiger partial charge in [0.25, 0.3) is 0 Å². The third kappa shape index (κ3) is 5.37. The molecule has 2 aromatic rings. The van der Waals surface area contributed by atoms with Crippen LogP contribution in [0.2, 0.25) is 5.02 Å². The monoisotopic (exact) mass is 523 g/mol. The maximum atomic E-state index is 12.9. The summed E-state index contributed by atoms with van der Waals surface area (Å²) < 4.78 is 0. The van der Waals surface area contributed by atoms with E-state index in [1.165, 1.54) is 18.0 Å². The SMILES string of the molecule is CC(C)C1=C([C@H](O)CC/C(=C/c2ccc(O)cc2Cl)c2ccccc2)[C@H](CO)[C@@H]2C(=O)N(C)C(=O)[C@@H]2C1. The maximum Gasteiger partial charge on any atom is 0.233 e. The van der Waals surface area contributed by atoms with E-state index in [1.54, 1.807) is 12.1 Å². The molecule has 2 aliphatic rings. The summed E-state index contributed by atoms with van der Waals surface area (Å²) in [7, 11) is 1.49. The van der Waals surface area contributed by atoms with Crippen LogP contribution < -0.4 is 0 Å². The Morgan fingerprint density at radius 1 is 1.14 bits per heavy atom. The Morgan fingerprint density at radius 2 is 1.84 bits per heavy atom. The smallest absolute Gasteiger partial charge is 0.233 e. The number of hydrogen-bond acceptors (Lipinski definition) is 5. The van der Waals surface area contributed by atoms with Crippen LogP contribution in [0.15, 0.2) is 59.7 Å². The number of fused-ring (bicyclic) bond motifs is 1. The summed E-state index contributed by atoms with van der Waals surface area (Å²) in [4.78, 5) is 26.8. The van der Waals surface area contributed by atoms with Crippen LogP contribution in [0.5, 0.6) is 5.75 Å².